The Bertz CT molecular complexity index is 205. The average Bonchev–Trinajstić information content (AvgIpc) is 1.86. The number of nitrogens with two attached hydrogens (primary N) is 2. The Balaban J connectivity index is 3.74. The van der Waals surface area contributed by atoms with E-state index in [4.69, 9.17) is 5.73 Å². The summed E-state index contributed by atoms with van der Waals surface area (Å²) in [4.78, 5) is 20.1. The SMILES string of the molecule is NC(=O)CS/C=C(/F)C(N)=O. The van der Waals surface area contributed by atoms with E-state index in [0.29, 0.717) is 0 Å². The van der Waals surface area contributed by atoms with E-state index in [-0.39, 0.29) is 5.75 Å². The van der Waals surface area contributed by atoms with Gasteiger partial charge in [-0.05, 0) is 0 Å². The van der Waals surface area contributed by atoms with Crippen molar-refractivity contribution in [3.8, 4) is 0 Å². The summed E-state index contributed by atoms with van der Waals surface area (Å²) >= 11 is 0.785. The highest BCUT2D eigenvalue weighted by molar-refractivity contribution is 8.02. The number of primary amides is 2. The molecule has 2 amide bonds. The molecule has 0 aromatic carbocycles. The van der Waals surface area contributed by atoms with Crippen LogP contribution < -0.4 is 11.5 Å². The van der Waals surface area contributed by atoms with E-state index in [1.807, 2.05) is 0 Å². The Morgan fingerprint density at radius 2 is 2.00 bits per heavy atom. The van der Waals surface area contributed by atoms with E-state index in [0.717, 1.165) is 17.2 Å². The van der Waals surface area contributed by atoms with Crippen molar-refractivity contribution in [2.45, 2.75) is 0 Å². The van der Waals surface area contributed by atoms with Crippen LogP contribution in [-0.2, 0) is 9.59 Å². The number of carbonyl (C=O) groups is 2. The molecule has 0 rings (SSSR count). The molecule has 0 spiro atoms. The first-order valence-electron chi connectivity index (χ1n) is 2.59. The molecular weight excluding hydrogens is 171 g/mol. The van der Waals surface area contributed by atoms with Gasteiger partial charge in [-0.2, -0.15) is 0 Å². The van der Waals surface area contributed by atoms with Gasteiger partial charge >= 0.3 is 0 Å². The molecule has 0 saturated carbocycles. The summed E-state index contributed by atoms with van der Waals surface area (Å²) in [5.74, 6) is -2.87. The molecule has 0 aromatic rings. The highest BCUT2D eigenvalue weighted by Crippen LogP contribution is 2.06. The molecule has 0 aliphatic heterocycles. The molecule has 62 valence electrons. The Morgan fingerprint density at radius 3 is 2.36 bits per heavy atom. The molecule has 0 saturated heterocycles. The lowest BCUT2D eigenvalue weighted by Gasteiger charge is -1.89. The van der Waals surface area contributed by atoms with E-state index < -0.39 is 17.6 Å². The molecular formula is C5H7FN2O2S. The molecule has 4 N–H and O–H groups in total. The topological polar surface area (TPSA) is 86.2 Å². The number of hydrogen-bond acceptors (Lipinski definition) is 3. The largest absolute Gasteiger partial charge is 0.369 e. The Morgan fingerprint density at radius 1 is 1.45 bits per heavy atom. The number of rotatable bonds is 4. The second-order valence-electron chi connectivity index (χ2n) is 1.61. The number of thioether (sulfide) groups is 1. The summed E-state index contributed by atoms with van der Waals surface area (Å²) in [6, 6.07) is 0. The molecule has 6 heteroatoms. The molecule has 0 heterocycles. The molecule has 0 fully saturated rings. The molecule has 0 radical (unpaired) electrons. The molecule has 0 bridgehead atoms. The van der Waals surface area contributed by atoms with Gasteiger partial charge < -0.3 is 11.5 Å². The average molecular weight is 178 g/mol. The van der Waals surface area contributed by atoms with Crippen LogP contribution in [0.2, 0.25) is 0 Å². The summed E-state index contributed by atoms with van der Waals surface area (Å²) in [6.07, 6.45) is 0. The predicted octanol–water partition coefficient (Wildman–Crippen LogP) is -0.499. The Labute approximate surface area is 66.8 Å². The second kappa shape index (κ2) is 4.73. The Hall–Kier alpha value is -1.04. The molecule has 0 atom stereocenters. The lowest BCUT2D eigenvalue weighted by molar-refractivity contribution is -0.116. The van der Waals surface area contributed by atoms with E-state index in [1.54, 1.807) is 0 Å². The van der Waals surface area contributed by atoms with Crippen LogP contribution in [0, 0.1) is 0 Å². The van der Waals surface area contributed by atoms with Gasteiger partial charge in [-0.25, -0.2) is 4.39 Å². The lowest BCUT2D eigenvalue weighted by atomic mass is 10.6. The quantitative estimate of drug-likeness (QED) is 0.569. The van der Waals surface area contributed by atoms with Gasteiger partial charge in [0.25, 0.3) is 5.91 Å². The highest BCUT2D eigenvalue weighted by atomic mass is 32.2. The van der Waals surface area contributed by atoms with Gasteiger partial charge in [0.05, 0.1) is 5.75 Å². The van der Waals surface area contributed by atoms with Crippen molar-refractivity contribution in [2.24, 2.45) is 11.5 Å². The maximum Gasteiger partial charge on any atom is 0.277 e. The van der Waals surface area contributed by atoms with E-state index in [9.17, 15) is 14.0 Å². The van der Waals surface area contributed by atoms with E-state index in [1.165, 1.54) is 0 Å². The first-order chi connectivity index (χ1) is 5.04. The van der Waals surface area contributed by atoms with Crippen LogP contribution in [0.3, 0.4) is 0 Å². The number of amides is 2. The van der Waals surface area contributed by atoms with Crippen molar-refractivity contribution >= 4 is 23.6 Å². The zero-order valence-electron chi connectivity index (χ0n) is 5.54. The van der Waals surface area contributed by atoms with Gasteiger partial charge in [-0.3, -0.25) is 9.59 Å². The molecule has 0 aromatic heterocycles. The first-order valence-corrected chi connectivity index (χ1v) is 3.64. The number of hydrogen-bond donors (Lipinski definition) is 2. The van der Waals surface area contributed by atoms with Crippen LogP contribution in [-0.4, -0.2) is 17.6 Å². The van der Waals surface area contributed by atoms with Gasteiger partial charge in [-0.15, -0.1) is 11.8 Å². The second-order valence-corrected chi connectivity index (χ2v) is 2.47. The van der Waals surface area contributed by atoms with Crippen LogP contribution in [0.15, 0.2) is 11.2 Å². The van der Waals surface area contributed by atoms with Crippen LogP contribution in [0.5, 0.6) is 0 Å². The summed E-state index contributed by atoms with van der Waals surface area (Å²) in [7, 11) is 0. The van der Waals surface area contributed by atoms with Crippen molar-refractivity contribution in [3.63, 3.8) is 0 Å². The van der Waals surface area contributed by atoms with Crippen LogP contribution >= 0.6 is 11.8 Å². The summed E-state index contributed by atoms with van der Waals surface area (Å²) < 4.78 is 12.2. The zero-order valence-corrected chi connectivity index (χ0v) is 6.36. The highest BCUT2D eigenvalue weighted by Gasteiger charge is 2.01. The van der Waals surface area contributed by atoms with Crippen molar-refractivity contribution < 1.29 is 14.0 Å². The fourth-order valence-corrected chi connectivity index (χ4v) is 0.765. The third-order valence-corrected chi connectivity index (χ3v) is 1.47. The monoisotopic (exact) mass is 178 g/mol. The predicted molar refractivity (Wildman–Crippen MR) is 40.0 cm³/mol. The van der Waals surface area contributed by atoms with Gasteiger partial charge in [0.1, 0.15) is 0 Å². The zero-order chi connectivity index (χ0) is 8.85. The minimum atomic E-state index is -1.15. The number of carbonyl (C=O) groups excluding carboxylic acids is 2. The first kappa shape index (κ1) is 9.96. The minimum absolute atomic E-state index is 0.0688. The van der Waals surface area contributed by atoms with Gasteiger partial charge in [-0.1, -0.05) is 0 Å². The van der Waals surface area contributed by atoms with Gasteiger partial charge in [0.15, 0.2) is 5.83 Å². The normalized spacial score (nSPS) is 11.2. The minimum Gasteiger partial charge on any atom is -0.369 e. The third-order valence-electron chi connectivity index (χ3n) is 0.648. The van der Waals surface area contributed by atoms with Gasteiger partial charge in [0.2, 0.25) is 5.91 Å². The van der Waals surface area contributed by atoms with Crippen LogP contribution in [0.25, 0.3) is 0 Å². The summed E-state index contributed by atoms with van der Waals surface area (Å²) in [5, 5.41) is 0.854. The van der Waals surface area contributed by atoms with Crippen molar-refractivity contribution in [1.29, 1.82) is 0 Å². The standard InChI is InChI=1S/C5H7FN2O2S/c6-3(5(8)10)1-11-2-4(7)9/h1H,2H2,(H2,7,9)(H2,8,10)/b3-1+. The fourth-order valence-electron chi connectivity index (χ4n) is 0.255. The molecule has 0 aliphatic rings. The smallest absolute Gasteiger partial charge is 0.277 e. The van der Waals surface area contributed by atoms with Crippen molar-refractivity contribution in [2.75, 3.05) is 5.75 Å². The maximum absolute atomic E-state index is 12.2. The van der Waals surface area contributed by atoms with E-state index in [2.05, 4.69) is 5.73 Å². The van der Waals surface area contributed by atoms with Gasteiger partial charge in [0, 0.05) is 5.41 Å². The molecule has 0 aliphatic carbocycles. The van der Waals surface area contributed by atoms with Crippen LogP contribution in [0.4, 0.5) is 4.39 Å². The van der Waals surface area contributed by atoms with Crippen LogP contribution in [0.1, 0.15) is 0 Å². The summed E-state index contributed by atoms with van der Waals surface area (Å²) in [6.45, 7) is 0. The summed E-state index contributed by atoms with van der Waals surface area (Å²) in [5.41, 5.74) is 9.27. The lowest BCUT2D eigenvalue weighted by Crippen LogP contribution is -2.13. The third kappa shape index (κ3) is 5.41. The fraction of sp³-hybridized carbons (Fsp3) is 0.200. The van der Waals surface area contributed by atoms with E-state index >= 15 is 0 Å². The number of halogens is 1. The Kier molecular flexibility index (Phi) is 4.28. The molecule has 4 nitrogen and oxygen atoms in total. The molecule has 11 heavy (non-hydrogen) atoms. The molecule has 0 unspecified atom stereocenters. The van der Waals surface area contributed by atoms with Crippen molar-refractivity contribution in [1.82, 2.24) is 0 Å². The van der Waals surface area contributed by atoms with Crippen molar-refractivity contribution in [3.05, 3.63) is 11.2 Å². The maximum atomic E-state index is 12.2.